The molecule has 0 aliphatic heterocycles. The Hall–Kier alpha value is -1.24. The van der Waals surface area contributed by atoms with Crippen LogP contribution in [0.15, 0.2) is 39.4 Å². The number of hydrogen-bond acceptors (Lipinski definition) is 5. The van der Waals surface area contributed by atoms with Gasteiger partial charge in [-0.15, -0.1) is 11.3 Å². The number of imidazole rings is 1. The van der Waals surface area contributed by atoms with E-state index in [1.54, 1.807) is 29.4 Å². The molecule has 88 valence electrons. The van der Waals surface area contributed by atoms with Crippen molar-refractivity contribution >= 4 is 28.1 Å². The molecule has 2 N–H and O–H groups in total. The van der Waals surface area contributed by atoms with Gasteiger partial charge >= 0.3 is 0 Å². The van der Waals surface area contributed by atoms with Gasteiger partial charge in [-0.1, -0.05) is 11.8 Å². The van der Waals surface area contributed by atoms with Crippen molar-refractivity contribution in [2.45, 2.75) is 17.3 Å². The summed E-state index contributed by atoms with van der Waals surface area (Å²) in [6, 6.07) is 3.86. The van der Waals surface area contributed by atoms with Crippen molar-refractivity contribution in [3.8, 4) is 0 Å². The van der Waals surface area contributed by atoms with E-state index in [0.717, 1.165) is 27.2 Å². The summed E-state index contributed by atoms with van der Waals surface area (Å²) in [5.74, 6) is 1.74. The number of furan rings is 1. The lowest BCUT2D eigenvalue weighted by molar-refractivity contribution is 0.530. The summed E-state index contributed by atoms with van der Waals surface area (Å²) in [7, 11) is 0. The van der Waals surface area contributed by atoms with E-state index in [9.17, 15) is 0 Å². The highest BCUT2D eigenvalue weighted by atomic mass is 32.2. The van der Waals surface area contributed by atoms with E-state index < -0.39 is 0 Å². The summed E-state index contributed by atoms with van der Waals surface area (Å²) in [6.45, 7) is 0.498. The van der Waals surface area contributed by atoms with Crippen molar-refractivity contribution in [1.82, 2.24) is 9.38 Å². The molecule has 6 heteroatoms. The number of nitrogens with zero attached hydrogens (tertiary/aromatic N) is 2. The van der Waals surface area contributed by atoms with Crippen LogP contribution in [0.25, 0.3) is 4.96 Å². The molecule has 0 spiro atoms. The molecule has 0 radical (unpaired) electrons. The standard InChI is InChI=1S/C11H11N3OS2/c12-6-9-10(13-11-14(9)3-5-16-11)17-7-8-2-1-4-15-8/h1-5H,6-7,12H2. The largest absolute Gasteiger partial charge is 0.468 e. The Morgan fingerprint density at radius 3 is 3.24 bits per heavy atom. The van der Waals surface area contributed by atoms with Gasteiger partial charge in [-0.25, -0.2) is 4.98 Å². The maximum Gasteiger partial charge on any atom is 0.194 e. The minimum Gasteiger partial charge on any atom is -0.468 e. The highest BCUT2D eigenvalue weighted by Gasteiger charge is 2.12. The first kappa shape index (κ1) is 10.9. The monoisotopic (exact) mass is 265 g/mol. The molecular weight excluding hydrogens is 254 g/mol. The van der Waals surface area contributed by atoms with E-state index in [1.165, 1.54) is 0 Å². The molecule has 0 aromatic carbocycles. The van der Waals surface area contributed by atoms with Crippen LogP contribution in [0.5, 0.6) is 0 Å². The summed E-state index contributed by atoms with van der Waals surface area (Å²) in [5, 5.41) is 3.01. The molecule has 0 aliphatic rings. The van der Waals surface area contributed by atoms with Crippen LogP contribution in [-0.4, -0.2) is 9.38 Å². The van der Waals surface area contributed by atoms with Gasteiger partial charge in [-0.2, -0.15) is 0 Å². The normalized spacial score (nSPS) is 11.4. The van der Waals surface area contributed by atoms with Crippen LogP contribution in [0.4, 0.5) is 0 Å². The predicted octanol–water partition coefficient (Wildman–Crippen LogP) is 2.74. The lowest BCUT2D eigenvalue weighted by atomic mass is 10.5. The van der Waals surface area contributed by atoms with Gasteiger partial charge in [0.05, 0.1) is 17.7 Å². The van der Waals surface area contributed by atoms with Crippen molar-refractivity contribution in [2.24, 2.45) is 5.73 Å². The number of rotatable bonds is 4. The number of thioether (sulfide) groups is 1. The molecule has 0 saturated carbocycles. The number of nitrogens with two attached hydrogens (primary N) is 1. The SMILES string of the molecule is NCc1c(SCc2ccco2)nc2sccn12. The van der Waals surface area contributed by atoms with E-state index in [1.807, 2.05) is 23.7 Å². The van der Waals surface area contributed by atoms with Crippen molar-refractivity contribution in [1.29, 1.82) is 0 Å². The molecule has 4 nitrogen and oxygen atoms in total. The van der Waals surface area contributed by atoms with Gasteiger partial charge in [-0.3, -0.25) is 4.40 Å². The van der Waals surface area contributed by atoms with Crippen LogP contribution in [-0.2, 0) is 12.3 Å². The molecule has 0 unspecified atom stereocenters. The third kappa shape index (κ3) is 1.99. The van der Waals surface area contributed by atoms with Gasteiger partial charge < -0.3 is 10.2 Å². The maximum absolute atomic E-state index is 5.78. The van der Waals surface area contributed by atoms with Crippen LogP contribution < -0.4 is 5.73 Å². The zero-order valence-corrected chi connectivity index (χ0v) is 10.6. The van der Waals surface area contributed by atoms with Crippen molar-refractivity contribution in [3.63, 3.8) is 0 Å². The molecule has 17 heavy (non-hydrogen) atoms. The predicted molar refractivity (Wildman–Crippen MR) is 69.2 cm³/mol. The fraction of sp³-hybridized carbons (Fsp3) is 0.182. The van der Waals surface area contributed by atoms with Gasteiger partial charge in [0.2, 0.25) is 0 Å². The Morgan fingerprint density at radius 1 is 1.53 bits per heavy atom. The van der Waals surface area contributed by atoms with Gasteiger partial charge in [0.15, 0.2) is 4.96 Å². The molecule has 3 heterocycles. The third-order valence-electron chi connectivity index (χ3n) is 2.45. The van der Waals surface area contributed by atoms with Crippen LogP contribution in [0.1, 0.15) is 11.5 Å². The summed E-state index contributed by atoms with van der Waals surface area (Å²) < 4.78 is 7.35. The molecule has 0 aliphatic carbocycles. The van der Waals surface area contributed by atoms with Gasteiger partial charge in [-0.05, 0) is 12.1 Å². The topological polar surface area (TPSA) is 56.5 Å². The molecule has 0 fully saturated rings. The lowest BCUT2D eigenvalue weighted by Gasteiger charge is -1.99. The second-order valence-corrected chi connectivity index (χ2v) is 5.33. The van der Waals surface area contributed by atoms with Gasteiger partial charge in [0, 0.05) is 18.1 Å². The Bertz CT molecular complexity index is 612. The lowest BCUT2D eigenvalue weighted by Crippen LogP contribution is -2.01. The van der Waals surface area contributed by atoms with Gasteiger partial charge in [0.1, 0.15) is 10.8 Å². The van der Waals surface area contributed by atoms with Crippen molar-refractivity contribution in [3.05, 3.63) is 41.4 Å². The van der Waals surface area contributed by atoms with Crippen molar-refractivity contribution in [2.75, 3.05) is 0 Å². The second-order valence-electron chi connectivity index (χ2n) is 3.49. The molecule has 0 amide bonds. The Kier molecular flexibility index (Phi) is 2.92. The van der Waals surface area contributed by atoms with E-state index in [-0.39, 0.29) is 0 Å². The van der Waals surface area contributed by atoms with E-state index in [0.29, 0.717) is 6.54 Å². The van der Waals surface area contributed by atoms with Crippen LogP contribution in [0, 0.1) is 0 Å². The zero-order valence-electron chi connectivity index (χ0n) is 9.00. The van der Waals surface area contributed by atoms with Crippen LogP contribution in [0.3, 0.4) is 0 Å². The number of thiazole rings is 1. The Labute approximate surface area is 106 Å². The van der Waals surface area contributed by atoms with E-state index >= 15 is 0 Å². The van der Waals surface area contributed by atoms with Crippen LogP contribution >= 0.6 is 23.1 Å². The minimum absolute atomic E-state index is 0.498. The average Bonchev–Trinajstić information content (AvgIpc) is 3.02. The van der Waals surface area contributed by atoms with Crippen molar-refractivity contribution < 1.29 is 4.42 Å². The first-order valence-electron chi connectivity index (χ1n) is 5.18. The number of aromatic nitrogens is 2. The molecule has 0 atom stereocenters. The highest BCUT2D eigenvalue weighted by Crippen LogP contribution is 2.28. The third-order valence-corrected chi connectivity index (χ3v) is 4.23. The zero-order chi connectivity index (χ0) is 11.7. The average molecular weight is 265 g/mol. The minimum atomic E-state index is 0.498. The molecule has 3 aromatic rings. The van der Waals surface area contributed by atoms with E-state index in [4.69, 9.17) is 10.2 Å². The summed E-state index contributed by atoms with van der Waals surface area (Å²) in [4.78, 5) is 5.56. The Balaban J connectivity index is 1.86. The molecule has 0 saturated heterocycles. The maximum atomic E-state index is 5.78. The van der Waals surface area contributed by atoms with E-state index in [2.05, 4.69) is 9.38 Å². The molecular formula is C11H11N3OS2. The summed E-state index contributed by atoms with van der Waals surface area (Å²) >= 11 is 3.28. The van der Waals surface area contributed by atoms with Crippen LogP contribution in [0.2, 0.25) is 0 Å². The quantitative estimate of drug-likeness (QED) is 0.737. The highest BCUT2D eigenvalue weighted by molar-refractivity contribution is 7.98. The Morgan fingerprint density at radius 2 is 2.47 bits per heavy atom. The fourth-order valence-corrected chi connectivity index (χ4v) is 3.38. The molecule has 3 rings (SSSR count). The summed E-state index contributed by atoms with van der Waals surface area (Å²) in [5.41, 5.74) is 6.84. The first-order chi connectivity index (χ1) is 8.38. The first-order valence-corrected chi connectivity index (χ1v) is 7.04. The second kappa shape index (κ2) is 4.56. The smallest absolute Gasteiger partial charge is 0.194 e. The van der Waals surface area contributed by atoms with Gasteiger partial charge in [0.25, 0.3) is 0 Å². The number of hydrogen-bond donors (Lipinski definition) is 1. The fourth-order valence-electron chi connectivity index (χ4n) is 1.65. The number of fused-ring (bicyclic) bond motifs is 1. The molecule has 0 bridgehead atoms. The molecule has 3 aromatic heterocycles. The summed E-state index contributed by atoms with van der Waals surface area (Å²) in [6.07, 6.45) is 3.69.